The third-order valence-electron chi connectivity index (χ3n) is 9.02. The molecule has 8 unspecified atom stereocenters. The van der Waals surface area contributed by atoms with Crippen molar-refractivity contribution in [3.8, 4) is 6.07 Å². The van der Waals surface area contributed by atoms with Gasteiger partial charge in [0, 0.05) is 0 Å². The molecule has 8 atom stereocenters. The van der Waals surface area contributed by atoms with Crippen LogP contribution in [0.15, 0.2) is 0 Å². The molecule has 1 nitrogen and oxygen atoms in total. The predicted molar refractivity (Wildman–Crippen MR) is 101 cm³/mol. The van der Waals surface area contributed by atoms with Crippen LogP contribution in [0.5, 0.6) is 0 Å². The molecular formula is C23H39N. The average molecular weight is 330 g/mol. The molecule has 0 bridgehead atoms. The van der Waals surface area contributed by atoms with Crippen molar-refractivity contribution < 1.29 is 0 Å². The van der Waals surface area contributed by atoms with Crippen LogP contribution in [0.1, 0.15) is 92.4 Å². The summed E-state index contributed by atoms with van der Waals surface area (Å²) < 4.78 is 0. The van der Waals surface area contributed by atoms with Gasteiger partial charge in [0.15, 0.2) is 0 Å². The number of nitriles is 1. The minimum Gasteiger partial charge on any atom is -0.198 e. The number of nitrogens with zero attached hydrogens (tertiary/aromatic N) is 1. The van der Waals surface area contributed by atoms with Crippen LogP contribution in [0.25, 0.3) is 0 Å². The summed E-state index contributed by atoms with van der Waals surface area (Å²) in [6, 6.07) is 2.67. The van der Waals surface area contributed by atoms with Gasteiger partial charge in [-0.05, 0) is 91.8 Å². The number of fused-ring (bicyclic) bond motifs is 5. The molecule has 0 radical (unpaired) electrons. The third-order valence-corrected chi connectivity index (χ3v) is 9.02. The van der Waals surface area contributed by atoms with Gasteiger partial charge in [0.2, 0.25) is 0 Å². The topological polar surface area (TPSA) is 23.8 Å². The summed E-state index contributed by atoms with van der Waals surface area (Å²) in [5, 5.41) is 9.59. The van der Waals surface area contributed by atoms with E-state index < -0.39 is 0 Å². The fourth-order valence-corrected chi connectivity index (χ4v) is 7.88. The quantitative estimate of drug-likeness (QED) is 0.477. The zero-order valence-electron chi connectivity index (χ0n) is 16.8. The summed E-state index contributed by atoms with van der Waals surface area (Å²) in [6.45, 7) is 11.6. The molecule has 0 heterocycles. The minimum atomic E-state index is 0.342. The minimum absolute atomic E-state index is 0.342. The summed E-state index contributed by atoms with van der Waals surface area (Å²) in [6.07, 6.45) is 12.6. The molecule has 1 heteroatoms. The highest BCUT2D eigenvalue weighted by atomic mass is 14.6. The van der Waals surface area contributed by atoms with Gasteiger partial charge in [0.05, 0.1) is 12.0 Å². The van der Waals surface area contributed by atoms with Crippen LogP contribution in [-0.4, -0.2) is 0 Å². The lowest BCUT2D eigenvalue weighted by Crippen LogP contribution is -2.53. The van der Waals surface area contributed by atoms with Crippen LogP contribution in [0.3, 0.4) is 0 Å². The lowest BCUT2D eigenvalue weighted by Gasteiger charge is -2.61. The van der Waals surface area contributed by atoms with Crippen molar-refractivity contribution in [2.24, 2.45) is 46.3 Å². The Kier molecular flexibility index (Phi) is 5.07. The lowest BCUT2D eigenvalue weighted by molar-refractivity contribution is -0.115. The van der Waals surface area contributed by atoms with Gasteiger partial charge in [-0.15, -0.1) is 0 Å². The SMILES string of the molecule is CC.CC1CCC2CCC3C4CCC(C#N)C4(C)CCC3C2(C)C1. The maximum Gasteiger partial charge on any atom is 0.0661 e. The molecular weight excluding hydrogens is 290 g/mol. The molecule has 0 spiro atoms. The van der Waals surface area contributed by atoms with E-state index in [9.17, 15) is 5.26 Å². The van der Waals surface area contributed by atoms with Crippen molar-refractivity contribution >= 4 is 0 Å². The molecule has 4 aliphatic carbocycles. The molecule has 24 heavy (non-hydrogen) atoms. The second-order valence-electron chi connectivity index (χ2n) is 9.85. The van der Waals surface area contributed by atoms with Crippen LogP contribution >= 0.6 is 0 Å². The Bertz CT molecular complexity index is 491. The molecule has 4 aliphatic rings. The third kappa shape index (κ3) is 2.55. The zero-order valence-corrected chi connectivity index (χ0v) is 16.8. The zero-order chi connectivity index (χ0) is 17.5. The van der Waals surface area contributed by atoms with E-state index in [2.05, 4.69) is 26.8 Å². The van der Waals surface area contributed by atoms with Gasteiger partial charge in [-0.3, -0.25) is 0 Å². The van der Waals surface area contributed by atoms with Gasteiger partial charge in [0.25, 0.3) is 0 Å². The molecule has 0 saturated heterocycles. The predicted octanol–water partition coefficient (Wildman–Crippen LogP) is 6.83. The normalized spacial score (nSPS) is 52.8. The smallest absolute Gasteiger partial charge is 0.0661 e. The van der Waals surface area contributed by atoms with Crippen LogP contribution in [-0.2, 0) is 0 Å². The van der Waals surface area contributed by atoms with E-state index in [0.29, 0.717) is 16.7 Å². The molecule has 0 aromatic heterocycles. The van der Waals surface area contributed by atoms with E-state index >= 15 is 0 Å². The fraction of sp³-hybridized carbons (Fsp3) is 0.957. The second-order valence-corrected chi connectivity index (χ2v) is 9.85. The molecule has 136 valence electrons. The molecule has 0 aliphatic heterocycles. The Labute approximate surface area is 150 Å². The highest BCUT2D eigenvalue weighted by molar-refractivity contribution is 5.12. The summed E-state index contributed by atoms with van der Waals surface area (Å²) in [5.74, 6) is 5.03. The molecule has 0 aromatic carbocycles. The van der Waals surface area contributed by atoms with Gasteiger partial charge in [-0.25, -0.2) is 0 Å². The summed E-state index contributed by atoms with van der Waals surface area (Å²) in [4.78, 5) is 0. The van der Waals surface area contributed by atoms with Gasteiger partial charge < -0.3 is 0 Å². The maximum atomic E-state index is 9.59. The van der Waals surface area contributed by atoms with E-state index in [4.69, 9.17) is 0 Å². The largest absolute Gasteiger partial charge is 0.198 e. The molecule has 4 saturated carbocycles. The monoisotopic (exact) mass is 329 g/mol. The molecule has 0 amide bonds. The van der Waals surface area contributed by atoms with E-state index in [0.717, 1.165) is 29.6 Å². The molecule has 4 rings (SSSR count). The van der Waals surface area contributed by atoms with E-state index in [-0.39, 0.29) is 0 Å². The van der Waals surface area contributed by atoms with Crippen LogP contribution in [0.4, 0.5) is 0 Å². The van der Waals surface area contributed by atoms with Crippen molar-refractivity contribution in [1.29, 1.82) is 5.26 Å². The van der Waals surface area contributed by atoms with E-state index in [1.165, 1.54) is 57.8 Å². The number of rotatable bonds is 0. The first-order chi connectivity index (χ1) is 11.5. The maximum absolute atomic E-state index is 9.59. The van der Waals surface area contributed by atoms with Crippen LogP contribution < -0.4 is 0 Å². The van der Waals surface area contributed by atoms with E-state index in [1.54, 1.807) is 0 Å². The number of hydrogen-bond acceptors (Lipinski definition) is 1. The fourth-order valence-electron chi connectivity index (χ4n) is 7.88. The van der Waals surface area contributed by atoms with Gasteiger partial charge in [-0.1, -0.05) is 41.0 Å². The van der Waals surface area contributed by atoms with Crippen molar-refractivity contribution in [3.05, 3.63) is 0 Å². The lowest BCUT2D eigenvalue weighted by atomic mass is 9.44. The summed E-state index contributed by atoms with van der Waals surface area (Å²) >= 11 is 0. The van der Waals surface area contributed by atoms with Crippen molar-refractivity contribution in [1.82, 2.24) is 0 Å². The van der Waals surface area contributed by atoms with E-state index in [1.807, 2.05) is 13.8 Å². The Balaban J connectivity index is 0.000000815. The van der Waals surface area contributed by atoms with Crippen molar-refractivity contribution in [3.63, 3.8) is 0 Å². The van der Waals surface area contributed by atoms with Crippen molar-refractivity contribution in [2.45, 2.75) is 92.4 Å². The van der Waals surface area contributed by atoms with Gasteiger partial charge in [-0.2, -0.15) is 5.26 Å². The Morgan fingerprint density at radius 1 is 0.833 bits per heavy atom. The standard InChI is InChI=1S/C21H33N.C2H6/c1-14-4-5-15-6-8-17-18-9-7-16(13-22)20(18,2)11-10-19(17)21(15,3)12-14;1-2/h14-19H,4-12H2,1-3H3;1-2H3. The summed E-state index contributed by atoms with van der Waals surface area (Å²) in [5.41, 5.74) is 0.964. The Morgan fingerprint density at radius 2 is 1.50 bits per heavy atom. The van der Waals surface area contributed by atoms with Crippen molar-refractivity contribution in [2.75, 3.05) is 0 Å². The van der Waals surface area contributed by atoms with Crippen LogP contribution in [0.2, 0.25) is 0 Å². The van der Waals surface area contributed by atoms with Gasteiger partial charge in [0.1, 0.15) is 0 Å². The first kappa shape index (κ1) is 18.3. The molecule has 0 N–H and O–H groups in total. The molecule has 0 aromatic rings. The molecule has 4 fully saturated rings. The first-order valence-electron chi connectivity index (χ1n) is 10.9. The number of hydrogen-bond donors (Lipinski definition) is 0. The summed E-state index contributed by atoms with van der Waals surface area (Å²) in [7, 11) is 0. The highest BCUT2D eigenvalue weighted by Crippen LogP contribution is 2.67. The van der Waals surface area contributed by atoms with Crippen LogP contribution in [0, 0.1) is 57.7 Å². The average Bonchev–Trinajstić information content (AvgIpc) is 2.92. The first-order valence-corrected chi connectivity index (χ1v) is 10.9. The Hall–Kier alpha value is -0.510. The Morgan fingerprint density at radius 3 is 2.21 bits per heavy atom. The second kappa shape index (κ2) is 6.66. The highest BCUT2D eigenvalue weighted by Gasteiger charge is 2.60. The van der Waals surface area contributed by atoms with Gasteiger partial charge >= 0.3 is 0 Å².